The average Bonchev–Trinajstić information content (AvgIpc) is 2.85. The number of ether oxygens (including phenoxy) is 2. The molecule has 196 valence electrons. The Morgan fingerprint density at radius 1 is 0.757 bits per heavy atom. The quantitative estimate of drug-likeness (QED) is 0.110. The van der Waals surface area contributed by atoms with Gasteiger partial charge in [0.2, 0.25) is 0 Å². The van der Waals surface area contributed by atoms with E-state index in [2.05, 4.69) is 82.5 Å². The Balaban J connectivity index is 4.59. The summed E-state index contributed by atoms with van der Waals surface area (Å²) >= 11 is 0. The number of rotatable bonds is 15. The summed E-state index contributed by atoms with van der Waals surface area (Å²) < 4.78 is 25.4. The minimum atomic E-state index is -4.81. The fourth-order valence-electron chi connectivity index (χ4n) is 2.54. The van der Waals surface area contributed by atoms with Crippen LogP contribution in [0, 0.1) is 71.0 Å². The molecule has 0 bridgehead atoms. The number of phosphoric ester groups is 1. The van der Waals surface area contributed by atoms with Gasteiger partial charge in [0, 0.05) is 12.3 Å². The van der Waals surface area contributed by atoms with Gasteiger partial charge in [0.05, 0.1) is 6.61 Å². The highest BCUT2D eigenvalue weighted by molar-refractivity contribution is 7.46. The van der Waals surface area contributed by atoms with Crippen molar-refractivity contribution in [3.8, 4) is 71.0 Å². The number of carbonyl (C=O) groups excluding carboxylic acids is 2. The molecular weight excluding hydrogens is 495 g/mol. The van der Waals surface area contributed by atoms with E-state index in [1.54, 1.807) is 6.92 Å². The number of hydrogen-bond acceptors (Lipinski definition) is 6. The van der Waals surface area contributed by atoms with E-state index < -0.39 is 39.1 Å². The summed E-state index contributed by atoms with van der Waals surface area (Å²) in [5, 5.41) is 0. The van der Waals surface area contributed by atoms with Crippen LogP contribution in [-0.2, 0) is 28.2 Å². The third-order valence-corrected chi connectivity index (χ3v) is 4.70. The van der Waals surface area contributed by atoms with Gasteiger partial charge < -0.3 is 19.3 Å². The minimum absolute atomic E-state index is 0.134. The topological polar surface area (TPSA) is 119 Å². The monoisotopic (exact) mass is 526 g/mol. The van der Waals surface area contributed by atoms with Crippen molar-refractivity contribution in [1.29, 1.82) is 0 Å². The first-order valence-electron chi connectivity index (χ1n) is 11.8. The van der Waals surface area contributed by atoms with Gasteiger partial charge in [0.25, 0.3) is 0 Å². The van der Waals surface area contributed by atoms with E-state index in [0.717, 1.165) is 19.3 Å². The van der Waals surface area contributed by atoms with Gasteiger partial charge in [-0.05, 0) is 72.5 Å². The highest BCUT2D eigenvalue weighted by Gasteiger charge is 2.22. The molecule has 0 amide bonds. The van der Waals surface area contributed by atoms with Crippen LogP contribution < -0.4 is 0 Å². The smallest absolute Gasteiger partial charge is 0.456 e. The molecule has 0 aliphatic heterocycles. The van der Waals surface area contributed by atoms with Gasteiger partial charge in [-0.15, -0.1) is 0 Å². The molecule has 37 heavy (non-hydrogen) atoms. The van der Waals surface area contributed by atoms with Crippen LogP contribution in [0.25, 0.3) is 0 Å². The van der Waals surface area contributed by atoms with Crippen LogP contribution in [-0.4, -0.2) is 41.0 Å². The fraction of sp³-hybridized carbons (Fsp3) is 0.500. The summed E-state index contributed by atoms with van der Waals surface area (Å²) in [4.78, 5) is 41.6. The van der Waals surface area contributed by atoms with Crippen molar-refractivity contribution < 1.29 is 37.9 Å². The van der Waals surface area contributed by atoms with E-state index in [1.807, 2.05) is 0 Å². The van der Waals surface area contributed by atoms with E-state index in [0.29, 0.717) is 6.42 Å². The zero-order valence-electron chi connectivity index (χ0n) is 21.1. The Morgan fingerprint density at radius 3 is 1.81 bits per heavy atom. The van der Waals surface area contributed by atoms with Crippen molar-refractivity contribution in [2.45, 2.75) is 77.7 Å². The molecule has 0 saturated heterocycles. The summed E-state index contributed by atoms with van der Waals surface area (Å²) in [6.45, 7) is 2.66. The van der Waals surface area contributed by atoms with E-state index >= 15 is 0 Å². The molecule has 0 aromatic carbocycles. The second-order valence-electron chi connectivity index (χ2n) is 7.35. The van der Waals surface area contributed by atoms with Crippen LogP contribution in [0.15, 0.2) is 0 Å². The first-order chi connectivity index (χ1) is 17.8. The van der Waals surface area contributed by atoms with Gasteiger partial charge in [-0.3, -0.25) is 9.32 Å². The first-order valence-corrected chi connectivity index (χ1v) is 13.3. The molecule has 0 aliphatic carbocycles. The van der Waals surface area contributed by atoms with Crippen molar-refractivity contribution in [1.82, 2.24) is 0 Å². The zero-order chi connectivity index (χ0) is 27.6. The molecule has 0 aromatic heterocycles. The first kappa shape index (κ1) is 33.4. The van der Waals surface area contributed by atoms with Crippen LogP contribution in [0.1, 0.15) is 71.6 Å². The minimum Gasteiger partial charge on any atom is -0.456 e. The molecule has 0 aromatic rings. The highest BCUT2D eigenvalue weighted by Crippen LogP contribution is 2.35. The third-order valence-electron chi connectivity index (χ3n) is 4.21. The zero-order valence-corrected chi connectivity index (χ0v) is 22.0. The lowest BCUT2D eigenvalue weighted by Crippen LogP contribution is -2.29. The van der Waals surface area contributed by atoms with Crippen LogP contribution in [0.5, 0.6) is 0 Å². The molecule has 0 unspecified atom stereocenters. The SMILES string of the molecule is CC#CC#CC#CC#CC#CC#CC(=O)OC[C@H](COP(=O)(O)O)OC(=O)CCCCCCCCCC. The van der Waals surface area contributed by atoms with Gasteiger partial charge in [0.15, 0.2) is 6.10 Å². The maximum absolute atomic E-state index is 12.1. The van der Waals surface area contributed by atoms with Gasteiger partial charge in [0.1, 0.15) is 6.61 Å². The summed E-state index contributed by atoms with van der Waals surface area (Å²) in [5.41, 5.74) is 0. The molecule has 0 rings (SSSR count). The second-order valence-corrected chi connectivity index (χ2v) is 8.59. The number of hydrogen-bond donors (Lipinski definition) is 2. The number of carbonyl (C=O) groups is 2. The Hall–Kier alpha value is -3.59. The van der Waals surface area contributed by atoms with Gasteiger partial charge in [-0.1, -0.05) is 57.8 Å². The van der Waals surface area contributed by atoms with Crippen molar-refractivity contribution >= 4 is 19.8 Å². The van der Waals surface area contributed by atoms with Crippen molar-refractivity contribution in [3.63, 3.8) is 0 Å². The second kappa shape index (κ2) is 22.8. The normalized spacial score (nSPS) is 9.84. The van der Waals surface area contributed by atoms with Gasteiger partial charge in [-0.2, -0.15) is 0 Å². The van der Waals surface area contributed by atoms with E-state index in [4.69, 9.17) is 19.3 Å². The maximum atomic E-state index is 12.1. The molecule has 8 nitrogen and oxygen atoms in total. The number of unbranched alkanes of at least 4 members (excludes halogenated alkanes) is 7. The lowest BCUT2D eigenvalue weighted by Gasteiger charge is -2.17. The lowest BCUT2D eigenvalue weighted by molar-refractivity contribution is -0.158. The summed E-state index contributed by atoms with van der Waals surface area (Å²) in [6, 6.07) is 0. The molecule has 9 heteroatoms. The molecule has 2 N–H and O–H groups in total. The van der Waals surface area contributed by atoms with E-state index in [1.165, 1.54) is 25.7 Å². The standard InChI is InChI=1S/C28H31O8P/c1-3-5-7-9-11-13-14-15-17-18-20-22-27(29)34-24-26(25-35-37(31,32)33)36-28(30)23-21-19-16-12-10-8-6-4-2/h26H,4,6,8,10,12,16,19,21,23-25H2,1-2H3,(H2,31,32,33)/t26-/m1/s1. The summed E-state index contributed by atoms with van der Waals surface area (Å²) in [5.74, 6) is 27.2. The largest absolute Gasteiger partial charge is 0.469 e. The van der Waals surface area contributed by atoms with Crippen LogP contribution in [0.4, 0.5) is 0 Å². The Morgan fingerprint density at radius 2 is 1.27 bits per heavy atom. The molecular formula is C28H31O8P. The molecule has 0 fully saturated rings. The van der Waals surface area contributed by atoms with Crippen molar-refractivity contribution in [2.75, 3.05) is 13.2 Å². The van der Waals surface area contributed by atoms with E-state index in [9.17, 15) is 14.2 Å². The third kappa shape index (κ3) is 25.3. The lowest BCUT2D eigenvalue weighted by atomic mass is 10.1. The molecule has 0 saturated carbocycles. The van der Waals surface area contributed by atoms with Crippen molar-refractivity contribution in [3.05, 3.63) is 0 Å². The van der Waals surface area contributed by atoms with Crippen LogP contribution >= 0.6 is 7.82 Å². The Kier molecular flexibility index (Phi) is 20.6. The Bertz CT molecular complexity index is 1140. The molecule has 0 aliphatic rings. The average molecular weight is 527 g/mol. The molecule has 1 atom stereocenters. The number of phosphoric acid groups is 1. The predicted octanol–water partition coefficient (Wildman–Crippen LogP) is 3.12. The maximum Gasteiger partial charge on any atom is 0.469 e. The van der Waals surface area contributed by atoms with Gasteiger partial charge in [-0.25, -0.2) is 9.36 Å². The van der Waals surface area contributed by atoms with Crippen LogP contribution in [0.3, 0.4) is 0 Å². The fourth-order valence-corrected chi connectivity index (χ4v) is 2.90. The molecule has 0 radical (unpaired) electrons. The number of esters is 2. The molecule has 0 heterocycles. The molecule has 0 spiro atoms. The van der Waals surface area contributed by atoms with E-state index in [-0.39, 0.29) is 6.42 Å². The Labute approximate surface area is 219 Å². The van der Waals surface area contributed by atoms with Crippen molar-refractivity contribution in [2.24, 2.45) is 0 Å². The predicted molar refractivity (Wildman–Crippen MR) is 138 cm³/mol. The summed E-state index contributed by atoms with van der Waals surface area (Å²) in [7, 11) is -4.81. The van der Waals surface area contributed by atoms with Gasteiger partial charge >= 0.3 is 19.8 Å². The summed E-state index contributed by atoms with van der Waals surface area (Å²) in [6.07, 6.45) is 7.35. The highest BCUT2D eigenvalue weighted by atomic mass is 31.2. The van der Waals surface area contributed by atoms with Crippen LogP contribution in [0.2, 0.25) is 0 Å².